The molecule has 76 valence electrons. The zero-order valence-corrected chi connectivity index (χ0v) is 8.06. The van der Waals surface area contributed by atoms with Crippen molar-refractivity contribution in [1.82, 2.24) is 9.88 Å². The second kappa shape index (κ2) is 3.42. The number of likely N-dealkylation sites (tertiary alicyclic amines) is 1. The second-order valence-electron chi connectivity index (χ2n) is 3.57. The lowest BCUT2D eigenvalue weighted by atomic mass is 10.3. The number of carbonyl (C=O) groups excluding carboxylic acids is 1. The molecule has 1 aliphatic heterocycles. The van der Waals surface area contributed by atoms with Gasteiger partial charge in [0.05, 0.1) is 5.69 Å². The molecular formula is C9H13N3O2. The normalized spacial score (nSPS) is 21.6. The summed E-state index contributed by atoms with van der Waals surface area (Å²) in [6.07, 6.45) is 2.15. The van der Waals surface area contributed by atoms with E-state index in [1.807, 2.05) is 0 Å². The van der Waals surface area contributed by atoms with Gasteiger partial charge >= 0.3 is 0 Å². The summed E-state index contributed by atoms with van der Waals surface area (Å²) in [5.74, 6) is 0.229. The molecule has 1 fully saturated rings. The van der Waals surface area contributed by atoms with E-state index in [1.54, 1.807) is 11.8 Å². The van der Waals surface area contributed by atoms with E-state index >= 15 is 0 Å². The van der Waals surface area contributed by atoms with Crippen molar-refractivity contribution in [2.75, 3.05) is 13.1 Å². The van der Waals surface area contributed by atoms with E-state index in [9.17, 15) is 4.79 Å². The molecule has 1 saturated heterocycles. The van der Waals surface area contributed by atoms with Crippen molar-refractivity contribution in [3.63, 3.8) is 0 Å². The smallest absolute Gasteiger partial charge is 0.291 e. The van der Waals surface area contributed by atoms with E-state index in [0.29, 0.717) is 24.5 Å². The first kappa shape index (κ1) is 9.21. The molecule has 0 unspecified atom stereocenters. The first-order valence-corrected chi connectivity index (χ1v) is 4.63. The summed E-state index contributed by atoms with van der Waals surface area (Å²) in [4.78, 5) is 17.4. The van der Waals surface area contributed by atoms with Crippen LogP contribution in [0.4, 0.5) is 0 Å². The topological polar surface area (TPSA) is 72.4 Å². The third-order valence-electron chi connectivity index (χ3n) is 2.45. The van der Waals surface area contributed by atoms with Crippen LogP contribution in [-0.2, 0) is 0 Å². The number of amides is 1. The summed E-state index contributed by atoms with van der Waals surface area (Å²) in [6, 6.07) is 0.0992. The molecule has 1 aliphatic rings. The fraction of sp³-hybridized carbons (Fsp3) is 0.556. The average Bonchev–Trinajstić information content (AvgIpc) is 2.73. The van der Waals surface area contributed by atoms with Crippen LogP contribution in [0.15, 0.2) is 10.8 Å². The fourth-order valence-electron chi connectivity index (χ4n) is 1.62. The van der Waals surface area contributed by atoms with Crippen LogP contribution in [0.5, 0.6) is 0 Å². The highest BCUT2D eigenvalue weighted by Gasteiger charge is 2.27. The highest BCUT2D eigenvalue weighted by Crippen LogP contribution is 2.14. The second-order valence-corrected chi connectivity index (χ2v) is 3.57. The first-order chi connectivity index (χ1) is 6.68. The maximum Gasteiger partial charge on any atom is 0.291 e. The van der Waals surface area contributed by atoms with Gasteiger partial charge in [-0.3, -0.25) is 4.79 Å². The SMILES string of the molecule is Cc1ncoc1C(=O)N1CC[C@H](N)C1. The maximum atomic E-state index is 11.8. The number of carbonyl (C=O) groups is 1. The van der Waals surface area contributed by atoms with Crippen molar-refractivity contribution in [3.05, 3.63) is 17.8 Å². The van der Waals surface area contributed by atoms with Gasteiger partial charge in [0.1, 0.15) is 0 Å². The molecule has 2 heterocycles. The van der Waals surface area contributed by atoms with Crippen LogP contribution in [0.3, 0.4) is 0 Å². The summed E-state index contributed by atoms with van der Waals surface area (Å²) < 4.78 is 5.03. The van der Waals surface area contributed by atoms with Crippen LogP contribution >= 0.6 is 0 Å². The van der Waals surface area contributed by atoms with Gasteiger partial charge in [-0.1, -0.05) is 0 Å². The van der Waals surface area contributed by atoms with Crippen LogP contribution < -0.4 is 5.73 Å². The van der Waals surface area contributed by atoms with Gasteiger partial charge in [-0.15, -0.1) is 0 Å². The largest absolute Gasteiger partial charge is 0.438 e. The predicted molar refractivity (Wildman–Crippen MR) is 49.7 cm³/mol. The van der Waals surface area contributed by atoms with Gasteiger partial charge in [0, 0.05) is 19.1 Å². The van der Waals surface area contributed by atoms with Gasteiger partial charge in [-0.05, 0) is 13.3 Å². The molecule has 0 saturated carbocycles. The number of rotatable bonds is 1. The molecule has 2 rings (SSSR count). The Hall–Kier alpha value is -1.36. The molecule has 1 aromatic rings. The average molecular weight is 195 g/mol. The van der Waals surface area contributed by atoms with E-state index in [0.717, 1.165) is 6.42 Å². The first-order valence-electron chi connectivity index (χ1n) is 4.63. The molecule has 14 heavy (non-hydrogen) atoms. The fourth-order valence-corrected chi connectivity index (χ4v) is 1.62. The van der Waals surface area contributed by atoms with Gasteiger partial charge in [0.25, 0.3) is 5.91 Å². The number of hydrogen-bond acceptors (Lipinski definition) is 4. The van der Waals surface area contributed by atoms with E-state index in [2.05, 4.69) is 4.98 Å². The van der Waals surface area contributed by atoms with Crippen LogP contribution in [0.1, 0.15) is 22.7 Å². The van der Waals surface area contributed by atoms with E-state index in [-0.39, 0.29) is 11.9 Å². The zero-order valence-electron chi connectivity index (χ0n) is 8.06. The molecule has 0 bridgehead atoms. The number of aromatic nitrogens is 1. The molecule has 2 N–H and O–H groups in total. The summed E-state index contributed by atoms with van der Waals surface area (Å²) in [5, 5.41) is 0. The lowest BCUT2D eigenvalue weighted by Gasteiger charge is -2.13. The molecular weight excluding hydrogens is 182 g/mol. The molecule has 1 atom stereocenters. The van der Waals surface area contributed by atoms with Gasteiger partial charge in [-0.2, -0.15) is 0 Å². The monoisotopic (exact) mass is 195 g/mol. The Morgan fingerprint density at radius 2 is 2.57 bits per heavy atom. The Morgan fingerprint density at radius 1 is 1.79 bits per heavy atom. The summed E-state index contributed by atoms with van der Waals surface area (Å²) in [6.45, 7) is 3.08. The molecule has 5 heteroatoms. The maximum absolute atomic E-state index is 11.8. The van der Waals surface area contributed by atoms with Crippen molar-refractivity contribution in [2.24, 2.45) is 5.73 Å². The van der Waals surface area contributed by atoms with Gasteiger partial charge < -0.3 is 15.1 Å². The van der Waals surface area contributed by atoms with E-state index in [4.69, 9.17) is 10.2 Å². The quantitative estimate of drug-likeness (QED) is 0.692. The van der Waals surface area contributed by atoms with Crippen molar-refractivity contribution < 1.29 is 9.21 Å². The van der Waals surface area contributed by atoms with Crippen molar-refractivity contribution in [1.29, 1.82) is 0 Å². The van der Waals surface area contributed by atoms with Crippen LogP contribution in [0.25, 0.3) is 0 Å². The minimum Gasteiger partial charge on any atom is -0.438 e. The molecule has 5 nitrogen and oxygen atoms in total. The molecule has 0 aromatic carbocycles. The van der Waals surface area contributed by atoms with Crippen LogP contribution in [0, 0.1) is 6.92 Å². The molecule has 1 amide bonds. The lowest BCUT2D eigenvalue weighted by molar-refractivity contribution is 0.0758. The third kappa shape index (κ3) is 1.50. The number of hydrogen-bond donors (Lipinski definition) is 1. The number of nitrogens with two attached hydrogens (primary N) is 1. The van der Waals surface area contributed by atoms with Gasteiger partial charge in [-0.25, -0.2) is 4.98 Å². The minimum absolute atomic E-state index is 0.0992. The Labute approximate surface area is 81.9 Å². The van der Waals surface area contributed by atoms with E-state index in [1.165, 1.54) is 6.39 Å². The Bertz CT molecular complexity index is 348. The summed E-state index contributed by atoms with van der Waals surface area (Å²) in [5.41, 5.74) is 6.35. The Balaban J connectivity index is 2.13. The van der Waals surface area contributed by atoms with Crippen LogP contribution in [-0.4, -0.2) is 34.9 Å². The minimum atomic E-state index is -0.104. The van der Waals surface area contributed by atoms with Gasteiger partial charge in [0.15, 0.2) is 6.39 Å². The lowest BCUT2D eigenvalue weighted by Crippen LogP contribution is -2.32. The van der Waals surface area contributed by atoms with Crippen molar-refractivity contribution in [3.8, 4) is 0 Å². The summed E-state index contributed by atoms with van der Waals surface area (Å²) in [7, 11) is 0. The number of oxazole rings is 1. The molecule has 0 radical (unpaired) electrons. The summed E-state index contributed by atoms with van der Waals surface area (Å²) >= 11 is 0. The van der Waals surface area contributed by atoms with Crippen LogP contribution in [0.2, 0.25) is 0 Å². The predicted octanol–water partition coefficient (Wildman–Crippen LogP) is 0.156. The van der Waals surface area contributed by atoms with E-state index < -0.39 is 0 Å². The molecule has 0 spiro atoms. The van der Waals surface area contributed by atoms with Crippen molar-refractivity contribution >= 4 is 5.91 Å². The standard InChI is InChI=1S/C9H13N3O2/c1-6-8(14-5-11-6)9(13)12-3-2-7(10)4-12/h5,7H,2-4,10H2,1H3/t7-/m0/s1. The number of aryl methyl sites for hydroxylation is 1. The zero-order chi connectivity index (χ0) is 10.1. The highest BCUT2D eigenvalue weighted by atomic mass is 16.3. The third-order valence-corrected chi connectivity index (χ3v) is 2.45. The Morgan fingerprint density at radius 3 is 3.07 bits per heavy atom. The number of nitrogens with zero attached hydrogens (tertiary/aromatic N) is 2. The molecule has 0 aliphatic carbocycles. The van der Waals surface area contributed by atoms with Crippen molar-refractivity contribution in [2.45, 2.75) is 19.4 Å². The molecule has 1 aromatic heterocycles. The Kier molecular flexibility index (Phi) is 2.25. The highest BCUT2D eigenvalue weighted by molar-refractivity contribution is 5.92. The van der Waals surface area contributed by atoms with Gasteiger partial charge in [0.2, 0.25) is 5.76 Å².